The van der Waals surface area contributed by atoms with E-state index < -0.39 is 6.10 Å². The Hall–Kier alpha value is -0.660. The summed E-state index contributed by atoms with van der Waals surface area (Å²) in [5.74, 6) is 0.741. The lowest BCUT2D eigenvalue weighted by Gasteiger charge is -2.17. The Kier molecular flexibility index (Phi) is 8.09. The summed E-state index contributed by atoms with van der Waals surface area (Å²) in [5, 5.41) is 21.5. The predicted octanol–water partition coefficient (Wildman–Crippen LogP) is 1.23. The molecule has 0 aromatic heterocycles. The minimum Gasteiger partial charge on any atom is -0.490 e. The molecule has 3 N–H and O–H groups in total. The Labute approximate surface area is 128 Å². The quantitative estimate of drug-likeness (QED) is 0.586. The van der Waals surface area contributed by atoms with Gasteiger partial charge in [-0.25, -0.2) is 0 Å². The van der Waals surface area contributed by atoms with E-state index in [1.54, 1.807) is 7.11 Å². The number of aryl methyl sites for hydroxylation is 1. The number of aliphatic hydroxyl groups excluding tert-OH is 2. The van der Waals surface area contributed by atoms with Gasteiger partial charge in [-0.1, -0.05) is 15.9 Å². The molecule has 0 heterocycles. The van der Waals surface area contributed by atoms with Crippen molar-refractivity contribution in [2.75, 3.05) is 33.5 Å². The number of nitrogens with one attached hydrogen (secondary N) is 1. The second-order valence-corrected chi connectivity index (χ2v) is 5.44. The summed E-state index contributed by atoms with van der Waals surface area (Å²) in [7, 11) is 1.66. The molecule has 1 unspecified atom stereocenters. The minimum atomic E-state index is -0.868. The highest BCUT2D eigenvalue weighted by molar-refractivity contribution is 9.10. The van der Waals surface area contributed by atoms with Crippen LogP contribution in [0.1, 0.15) is 11.1 Å². The van der Waals surface area contributed by atoms with Gasteiger partial charge in [0.05, 0.1) is 13.2 Å². The van der Waals surface area contributed by atoms with Crippen LogP contribution in [0.4, 0.5) is 0 Å². The van der Waals surface area contributed by atoms with E-state index in [1.807, 2.05) is 19.1 Å². The van der Waals surface area contributed by atoms with Crippen LogP contribution in [0, 0.1) is 6.92 Å². The molecule has 0 aliphatic heterocycles. The molecular formula is C14H22BrNO4. The molecule has 1 atom stereocenters. The number of aliphatic hydroxyl groups is 2. The molecule has 0 aliphatic carbocycles. The van der Waals surface area contributed by atoms with Gasteiger partial charge in [-0.05, 0) is 24.6 Å². The van der Waals surface area contributed by atoms with Crippen molar-refractivity contribution in [3.05, 3.63) is 27.7 Å². The van der Waals surface area contributed by atoms with Crippen LogP contribution >= 0.6 is 15.9 Å². The van der Waals surface area contributed by atoms with Crippen molar-refractivity contribution in [1.82, 2.24) is 5.32 Å². The SMILES string of the molecule is COCCNCc1cc(Br)cc(C)c1OCC(O)CO. The summed E-state index contributed by atoms with van der Waals surface area (Å²) < 4.78 is 11.6. The first kappa shape index (κ1) is 17.4. The van der Waals surface area contributed by atoms with Gasteiger partial charge >= 0.3 is 0 Å². The molecule has 0 spiro atoms. The van der Waals surface area contributed by atoms with Crippen LogP contribution < -0.4 is 10.1 Å². The standard InChI is InChI=1S/C14H22BrNO4/c1-10-5-12(15)6-11(7-16-3-4-19-2)14(10)20-9-13(18)8-17/h5-6,13,16-18H,3-4,7-9H2,1-2H3. The molecule has 114 valence electrons. The van der Waals surface area contributed by atoms with Gasteiger partial charge in [-0.3, -0.25) is 0 Å². The van der Waals surface area contributed by atoms with E-state index in [9.17, 15) is 5.11 Å². The van der Waals surface area contributed by atoms with Gasteiger partial charge in [-0.15, -0.1) is 0 Å². The normalized spacial score (nSPS) is 12.4. The Balaban J connectivity index is 2.73. The summed E-state index contributed by atoms with van der Waals surface area (Å²) in [6.45, 7) is 3.76. The second-order valence-electron chi connectivity index (χ2n) is 4.53. The van der Waals surface area contributed by atoms with Crippen molar-refractivity contribution >= 4 is 15.9 Å². The highest BCUT2D eigenvalue weighted by atomic mass is 79.9. The van der Waals surface area contributed by atoms with Gasteiger partial charge in [0, 0.05) is 30.2 Å². The zero-order valence-electron chi connectivity index (χ0n) is 11.9. The van der Waals surface area contributed by atoms with Crippen LogP contribution in [-0.2, 0) is 11.3 Å². The third-order valence-corrected chi connectivity index (χ3v) is 3.20. The molecule has 0 saturated carbocycles. The number of halogens is 1. The van der Waals surface area contributed by atoms with E-state index >= 15 is 0 Å². The topological polar surface area (TPSA) is 71.0 Å². The molecule has 0 radical (unpaired) electrons. The molecular weight excluding hydrogens is 326 g/mol. The maximum Gasteiger partial charge on any atom is 0.126 e. The van der Waals surface area contributed by atoms with Crippen LogP contribution in [0.5, 0.6) is 5.75 Å². The van der Waals surface area contributed by atoms with Crippen LogP contribution in [0.3, 0.4) is 0 Å². The third-order valence-electron chi connectivity index (χ3n) is 2.75. The molecule has 1 aromatic rings. The maximum absolute atomic E-state index is 9.39. The van der Waals surface area contributed by atoms with E-state index in [0.29, 0.717) is 13.2 Å². The van der Waals surface area contributed by atoms with Crippen LogP contribution in [0.25, 0.3) is 0 Å². The van der Waals surface area contributed by atoms with Crippen molar-refractivity contribution in [3.8, 4) is 5.75 Å². The lowest BCUT2D eigenvalue weighted by atomic mass is 10.1. The Morgan fingerprint density at radius 3 is 2.80 bits per heavy atom. The Morgan fingerprint density at radius 1 is 1.40 bits per heavy atom. The van der Waals surface area contributed by atoms with Gasteiger partial charge in [0.1, 0.15) is 18.5 Å². The monoisotopic (exact) mass is 347 g/mol. The molecule has 1 rings (SSSR count). The molecule has 1 aromatic carbocycles. The molecule has 6 heteroatoms. The van der Waals surface area contributed by atoms with Gasteiger partial charge in [0.15, 0.2) is 0 Å². The fraction of sp³-hybridized carbons (Fsp3) is 0.571. The van der Waals surface area contributed by atoms with E-state index in [2.05, 4.69) is 21.2 Å². The summed E-state index contributed by atoms with van der Waals surface area (Å²) in [6, 6.07) is 3.94. The first-order chi connectivity index (χ1) is 9.58. The number of benzene rings is 1. The largest absolute Gasteiger partial charge is 0.490 e. The van der Waals surface area contributed by atoms with E-state index in [4.69, 9.17) is 14.6 Å². The van der Waals surface area contributed by atoms with Crippen molar-refractivity contribution in [2.45, 2.75) is 19.6 Å². The fourth-order valence-corrected chi connectivity index (χ4v) is 2.39. The first-order valence-corrected chi connectivity index (χ1v) is 7.28. The molecule has 0 fully saturated rings. The van der Waals surface area contributed by atoms with Crippen molar-refractivity contribution < 1.29 is 19.7 Å². The van der Waals surface area contributed by atoms with E-state index in [0.717, 1.165) is 27.9 Å². The number of methoxy groups -OCH3 is 1. The lowest BCUT2D eigenvalue weighted by Crippen LogP contribution is -2.23. The van der Waals surface area contributed by atoms with Gasteiger partial charge in [0.25, 0.3) is 0 Å². The highest BCUT2D eigenvalue weighted by Gasteiger charge is 2.11. The summed E-state index contributed by atoms with van der Waals surface area (Å²) in [4.78, 5) is 0. The Morgan fingerprint density at radius 2 is 2.15 bits per heavy atom. The van der Waals surface area contributed by atoms with E-state index in [-0.39, 0.29) is 13.2 Å². The molecule has 5 nitrogen and oxygen atoms in total. The fourth-order valence-electron chi connectivity index (χ4n) is 1.77. The first-order valence-electron chi connectivity index (χ1n) is 6.48. The smallest absolute Gasteiger partial charge is 0.126 e. The zero-order chi connectivity index (χ0) is 15.0. The number of ether oxygens (including phenoxy) is 2. The average molecular weight is 348 g/mol. The van der Waals surface area contributed by atoms with Gasteiger partial charge in [0.2, 0.25) is 0 Å². The third kappa shape index (κ3) is 5.76. The highest BCUT2D eigenvalue weighted by Crippen LogP contribution is 2.28. The average Bonchev–Trinajstić information content (AvgIpc) is 2.42. The van der Waals surface area contributed by atoms with Gasteiger partial charge in [-0.2, -0.15) is 0 Å². The molecule has 0 aliphatic rings. The van der Waals surface area contributed by atoms with Gasteiger partial charge < -0.3 is 25.0 Å². The second kappa shape index (κ2) is 9.31. The zero-order valence-corrected chi connectivity index (χ0v) is 13.4. The summed E-state index contributed by atoms with van der Waals surface area (Å²) >= 11 is 3.47. The predicted molar refractivity (Wildman–Crippen MR) is 81.0 cm³/mol. The van der Waals surface area contributed by atoms with Crippen molar-refractivity contribution in [3.63, 3.8) is 0 Å². The molecule has 0 saturated heterocycles. The van der Waals surface area contributed by atoms with Crippen molar-refractivity contribution in [2.24, 2.45) is 0 Å². The molecule has 0 amide bonds. The lowest BCUT2D eigenvalue weighted by molar-refractivity contribution is 0.0530. The molecule has 0 bridgehead atoms. The maximum atomic E-state index is 9.39. The van der Waals surface area contributed by atoms with Crippen LogP contribution in [0.2, 0.25) is 0 Å². The summed E-state index contributed by atoms with van der Waals surface area (Å²) in [6.07, 6.45) is -0.868. The number of rotatable bonds is 9. The summed E-state index contributed by atoms with van der Waals surface area (Å²) in [5.41, 5.74) is 1.98. The number of hydrogen-bond donors (Lipinski definition) is 3. The number of hydrogen-bond acceptors (Lipinski definition) is 5. The van der Waals surface area contributed by atoms with Crippen molar-refractivity contribution in [1.29, 1.82) is 0 Å². The van der Waals surface area contributed by atoms with E-state index in [1.165, 1.54) is 0 Å². The van der Waals surface area contributed by atoms with Crippen LogP contribution in [-0.4, -0.2) is 49.8 Å². The van der Waals surface area contributed by atoms with Crippen LogP contribution in [0.15, 0.2) is 16.6 Å². The minimum absolute atomic E-state index is 0.0735. The molecule has 20 heavy (non-hydrogen) atoms. The Bertz CT molecular complexity index is 414.